The molecule has 8 nitrogen and oxygen atoms in total. The number of alkyl halides is 3. The number of carbonyl (C=O) groups is 2. The first-order valence-electron chi connectivity index (χ1n) is 11.6. The highest BCUT2D eigenvalue weighted by Gasteiger charge is 2.42. The van der Waals surface area contributed by atoms with Crippen molar-refractivity contribution in [3.63, 3.8) is 0 Å². The molecule has 0 bridgehead atoms. The minimum absolute atomic E-state index is 0.0666. The number of hydrogen-bond acceptors (Lipinski definition) is 6. The van der Waals surface area contributed by atoms with Crippen LogP contribution >= 0.6 is 0 Å². The minimum atomic E-state index is -4.60. The van der Waals surface area contributed by atoms with Crippen molar-refractivity contribution >= 4 is 22.6 Å². The molecule has 0 saturated heterocycles. The summed E-state index contributed by atoms with van der Waals surface area (Å²) in [5.41, 5.74) is 0.759. The van der Waals surface area contributed by atoms with Gasteiger partial charge in [0, 0.05) is 60.2 Å². The van der Waals surface area contributed by atoms with E-state index in [1.165, 1.54) is 18.7 Å². The Hall–Kier alpha value is -3.89. The average molecular weight is 496 g/mol. The second-order valence-corrected chi connectivity index (χ2v) is 9.30. The lowest BCUT2D eigenvalue weighted by atomic mass is 10.0. The van der Waals surface area contributed by atoms with E-state index in [9.17, 15) is 22.8 Å². The second-order valence-electron chi connectivity index (χ2n) is 9.30. The Morgan fingerprint density at radius 1 is 1.08 bits per heavy atom. The van der Waals surface area contributed by atoms with Gasteiger partial charge in [0.25, 0.3) is 0 Å². The second kappa shape index (κ2) is 8.96. The topological polar surface area (TPSA) is 95.6 Å². The molecule has 1 aliphatic carbocycles. The Kier molecular flexibility index (Phi) is 5.93. The van der Waals surface area contributed by atoms with Crippen LogP contribution in [0.1, 0.15) is 71.5 Å². The van der Waals surface area contributed by atoms with Crippen molar-refractivity contribution in [3.05, 3.63) is 71.3 Å². The number of Topliss-reactive ketones (excluding diaryl/α,β-unsaturated/α-hetero) is 1. The van der Waals surface area contributed by atoms with E-state index in [1.807, 2.05) is 18.4 Å². The molecule has 4 aromatic heterocycles. The number of halogens is 3. The lowest BCUT2D eigenvalue weighted by Gasteiger charge is -2.12. The molecule has 36 heavy (non-hydrogen) atoms. The van der Waals surface area contributed by atoms with Crippen molar-refractivity contribution in [2.24, 2.45) is 0 Å². The Bertz CT molecular complexity index is 1470. The molecule has 4 aromatic rings. The molecule has 0 radical (unpaired) electrons. The molecule has 5 rings (SSSR count). The summed E-state index contributed by atoms with van der Waals surface area (Å²) >= 11 is 0. The Morgan fingerprint density at radius 3 is 2.56 bits per heavy atom. The number of hydrogen-bond donors (Lipinski definition) is 0. The summed E-state index contributed by atoms with van der Waals surface area (Å²) in [6.07, 6.45) is 4.82. The minimum Gasteiger partial charge on any atom is -0.329 e. The molecule has 0 spiro atoms. The van der Waals surface area contributed by atoms with Crippen LogP contribution in [-0.2, 0) is 23.8 Å². The van der Waals surface area contributed by atoms with Crippen LogP contribution in [0.15, 0.2) is 43.4 Å². The van der Waals surface area contributed by atoms with E-state index in [-0.39, 0.29) is 35.4 Å². The van der Waals surface area contributed by atoms with Crippen LogP contribution in [0.25, 0.3) is 11.0 Å². The Balaban J connectivity index is 1.37. The zero-order chi connectivity index (χ0) is 25.6. The van der Waals surface area contributed by atoms with Crippen molar-refractivity contribution < 1.29 is 22.8 Å². The Labute approximate surface area is 204 Å². The Morgan fingerprint density at radius 2 is 1.86 bits per heavy atom. The van der Waals surface area contributed by atoms with Gasteiger partial charge in [-0.15, -0.1) is 0 Å². The molecule has 0 atom stereocenters. The van der Waals surface area contributed by atoms with Crippen LogP contribution < -0.4 is 0 Å². The van der Waals surface area contributed by atoms with E-state index in [2.05, 4.69) is 20.1 Å². The van der Waals surface area contributed by atoms with Gasteiger partial charge in [-0.25, -0.2) is 9.97 Å². The molecule has 186 valence electrons. The van der Waals surface area contributed by atoms with E-state index in [4.69, 9.17) is 0 Å². The van der Waals surface area contributed by atoms with Gasteiger partial charge in [-0.05, 0) is 38.3 Å². The van der Waals surface area contributed by atoms with E-state index < -0.39 is 24.1 Å². The van der Waals surface area contributed by atoms with Gasteiger partial charge in [0.2, 0.25) is 0 Å². The van der Waals surface area contributed by atoms with Crippen molar-refractivity contribution in [1.82, 2.24) is 29.3 Å². The maximum atomic E-state index is 13.6. The number of carbonyl (C=O) groups excluding carboxylic acids is 2. The van der Waals surface area contributed by atoms with Gasteiger partial charge < -0.3 is 4.57 Å². The molecule has 0 N–H and O–H groups in total. The molecule has 1 aliphatic rings. The molecule has 0 amide bonds. The molecule has 4 heterocycles. The van der Waals surface area contributed by atoms with E-state index in [1.54, 1.807) is 18.5 Å². The van der Waals surface area contributed by atoms with E-state index in [0.717, 1.165) is 10.9 Å². The number of ketones is 2. The van der Waals surface area contributed by atoms with Gasteiger partial charge in [-0.2, -0.15) is 18.3 Å². The van der Waals surface area contributed by atoms with Crippen LogP contribution in [0.4, 0.5) is 13.2 Å². The number of rotatable bonds is 8. The van der Waals surface area contributed by atoms with Gasteiger partial charge in [0.05, 0.1) is 17.8 Å². The van der Waals surface area contributed by atoms with Gasteiger partial charge in [0.1, 0.15) is 23.5 Å². The molecule has 1 saturated carbocycles. The van der Waals surface area contributed by atoms with E-state index in [0.29, 0.717) is 35.0 Å². The van der Waals surface area contributed by atoms with Crippen LogP contribution in [0.2, 0.25) is 0 Å². The molecule has 0 unspecified atom stereocenters. The highest BCUT2D eigenvalue weighted by atomic mass is 19.4. The molecule has 1 fully saturated rings. The van der Waals surface area contributed by atoms with Crippen LogP contribution in [0, 0.1) is 0 Å². The molecule has 0 aliphatic heterocycles. The SMILES string of the molecule is CC(C)n1cc(C(=O)c2cncc(CC(=O)Cc3cnn(C4CC4)c3C(F)(F)F)c2)c2cncnc21. The summed E-state index contributed by atoms with van der Waals surface area (Å²) < 4.78 is 43.8. The third-order valence-electron chi connectivity index (χ3n) is 6.17. The zero-order valence-corrected chi connectivity index (χ0v) is 19.7. The third kappa shape index (κ3) is 4.52. The summed E-state index contributed by atoms with van der Waals surface area (Å²) in [5, 5.41) is 4.49. The quantitative estimate of drug-likeness (QED) is 0.332. The number of pyridine rings is 1. The lowest BCUT2D eigenvalue weighted by Crippen LogP contribution is -2.18. The van der Waals surface area contributed by atoms with Gasteiger partial charge in [-0.1, -0.05) is 0 Å². The summed E-state index contributed by atoms with van der Waals surface area (Å²) in [6.45, 7) is 3.95. The fraction of sp³-hybridized carbons (Fsp3) is 0.360. The highest BCUT2D eigenvalue weighted by Crippen LogP contribution is 2.41. The summed E-state index contributed by atoms with van der Waals surface area (Å²) in [6, 6.07) is 1.36. The summed E-state index contributed by atoms with van der Waals surface area (Å²) in [4.78, 5) is 38.5. The fourth-order valence-corrected chi connectivity index (χ4v) is 4.36. The van der Waals surface area contributed by atoms with Crippen molar-refractivity contribution in [1.29, 1.82) is 0 Å². The summed E-state index contributed by atoms with van der Waals surface area (Å²) in [5.74, 6) is -0.729. The normalized spacial score (nSPS) is 14.1. The van der Waals surface area contributed by atoms with Gasteiger partial charge in [-0.3, -0.25) is 19.3 Å². The third-order valence-corrected chi connectivity index (χ3v) is 6.17. The molecular weight excluding hydrogens is 473 g/mol. The van der Waals surface area contributed by atoms with Crippen molar-refractivity contribution in [2.75, 3.05) is 0 Å². The monoisotopic (exact) mass is 496 g/mol. The number of nitrogens with zero attached hydrogens (tertiary/aromatic N) is 6. The van der Waals surface area contributed by atoms with Crippen molar-refractivity contribution in [3.8, 4) is 0 Å². The fourth-order valence-electron chi connectivity index (χ4n) is 4.36. The lowest BCUT2D eigenvalue weighted by molar-refractivity contribution is -0.145. The average Bonchev–Trinajstić information content (AvgIpc) is 3.46. The zero-order valence-electron chi connectivity index (χ0n) is 19.7. The molecule has 11 heteroatoms. The molecular formula is C25H23F3N6O2. The van der Waals surface area contributed by atoms with Crippen LogP contribution in [-0.4, -0.2) is 40.9 Å². The van der Waals surface area contributed by atoms with Gasteiger partial charge in [0.15, 0.2) is 5.78 Å². The first-order valence-corrected chi connectivity index (χ1v) is 11.6. The standard InChI is InChI=1S/C25H23F3N6O2/c1-14(2)33-12-21(20-11-30-13-31-24(20)33)22(36)16-5-15(8-29-9-16)6-19(35)7-17-10-32-34(18-3-4-18)23(17)25(26,27)28/h5,8-14,18H,3-4,6-7H2,1-2H3. The van der Waals surface area contributed by atoms with Crippen LogP contribution in [0.5, 0.6) is 0 Å². The predicted molar refractivity (Wildman–Crippen MR) is 123 cm³/mol. The predicted octanol–water partition coefficient (Wildman–Crippen LogP) is 4.54. The first-order chi connectivity index (χ1) is 17.1. The molecule has 0 aromatic carbocycles. The van der Waals surface area contributed by atoms with Crippen molar-refractivity contribution in [2.45, 2.75) is 57.8 Å². The first kappa shape index (κ1) is 23.8. The van der Waals surface area contributed by atoms with Crippen LogP contribution in [0.3, 0.4) is 0 Å². The maximum absolute atomic E-state index is 13.6. The number of fused-ring (bicyclic) bond motifs is 1. The summed E-state index contributed by atoms with van der Waals surface area (Å²) in [7, 11) is 0. The highest BCUT2D eigenvalue weighted by molar-refractivity contribution is 6.15. The smallest absolute Gasteiger partial charge is 0.329 e. The number of aromatic nitrogens is 6. The van der Waals surface area contributed by atoms with E-state index >= 15 is 0 Å². The van der Waals surface area contributed by atoms with Gasteiger partial charge >= 0.3 is 6.18 Å². The maximum Gasteiger partial charge on any atom is 0.433 e. The largest absolute Gasteiger partial charge is 0.433 e.